The number of nitro groups is 1. The Kier molecular flexibility index (Phi) is 6.90. The summed E-state index contributed by atoms with van der Waals surface area (Å²) in [5.41, 5.74) is 2.66. The molecule has 12 heteroatoms. The maximum atomic E-state index is 12.8. The molecule has 0 aliphatic carbocycles. The number of hydrogen-bond acceptors (Lipinski definition) is 6. The molecule has 35 heavy (non-hydrogen) atoms. The van der Waals surface area contributed by atoms with E-state index in [1.807, 2.05) is 20.8 Å². The number of halogens is 2. The van der Waals surface area contributed by atoms with Crippen molar-refractivity contribution in [3.63, 3.8) is 0 Å². The van der Waals surface area contributed by atoms with Gasteiger partial charge in [0.1, 0.15) is 18.2 Å². The Balaban J connectivity index is 1.53. The number of benzene rings is 2. The second kappa shape index (κ2) is 9.88. The highest BCUT2D eigenvalue weighted by atomic mass is 79.9. The number of ether oxygens (including phenoxy) is 1. The molecule has 0 saturated heterocycles. The lowest BCUT2D eigenvalue weighted by molar-refractivity contribution is -0.384. The molecule has 2 heterocycles. The number of non-ortho nitro benzene ring substituents is 1. The number of rotatable bonds is 7. The topological polar surface area (TPSA) is 117 Å². The van der Waals surface area contributed by atoms with Crippen LogP contribution < -0.4 is 10.1 Å². The molecule has 1 N–H and O–H groups in total. The second-order valence-electron chi connectivity index (χ2n) is 7.80. The van der Waals surface area contributed by atoms with Gasteiger partial charge in [-0.15, -0.1) is 0 Å². The molecule has 0 radical (unpaired) electrons. The fraction of sp³-hybridized carbons (Fsp3) is 0.174. The van der Waals surface area contributed by atoms with Crippen LogP contribution in [0.1, 0.15) is 27.4 Å². The molecule has 0 unspecified atom stereocenters. The summed E-state index contributed by atoms with van der Waals surface area (Å²) in [4.78, 5) is 23.7. The van der Waals surface area contributed by atoms with Crippen molar-refractivity contribution in [1.82, 2.24) is 19.6 Å². The number of aryl methyl sites for hydroxylation is 2. The zero-order valence-electron chi connectivity index (χ0n) is 19.0. The molecule has 1 amide bonds. The minimum Gasteiger partial charge on any atom is -0.457 e. The van der Waals surface area contributed by atoms with Crippen molar-refractivity contribution < 1.29 is 14.5 Å². The zero-order valence-corrected chi connectivity index (χ0v) is 21.3. The second-order valence-corrected chi connectivity index (χ2v) is 9.03. The molecule has 0 aliphatic rings. The van der Waals surface area contributed by atoms with E-state index in [0.29, 0.717) is 17.4 Å². The van der Waals surface area contributed by atoms with Gasteiger partial charge in [0, 0.05) is 23.4 Å². The van der Waals surface area contributed by atoms with E-state index in [-0.39, 0.29) is 22.8 Å². The molecule has 0 saturated carbocycles. The highest BCUT2D eigenvalue weighted by Crippen LogP contribution is 2.32. The SMILES string of the molecule is Cc1cc(Cl)ccc1Oc1cc(NC(=O)c2ccn(Cn3nc(C)c(Br)c3C)n2)cc([N+](=O)[O-])c1. The third kappa shape index (κ3) is 5.52. The van der Waals surface area contributed by atoms with Crippen LogP contribution in [0.5, 0.6) is 11.5 Å². The van der Waals surface area contributed by atoms with Gasteiger partial charge in [-0.3, -0.25) is 19.6 Å². The Morgan fingerprint density at radius 2 is 1.94 bits per heavy atom. The predicted octanol–water partition coefficient (Wildman–Crippen LogP) is 5.88. The fourth-order valence-electron chi connectivity index (χ4n) is 3.38. The third-order valence-electron chi connectivity index (χ3n) is 5.17. The fourth-order valence-corrected chi connectivity index (χ4v) is 3.89. The number of anilines is 1. The summed E-state index contributed by atoms with van der Waals surface area (Å²) in [5, 5.41) is 23.4. The summed E-state index contributed by atoms with van der Waals surface area (Å²) in [6.45, 7) is 5.94. The molecule has 2 aromatic carbocycles. The number of amides is 1. The van der Waals surface area contributed by atoms with Gasteiger partial charge in [0.2, 0.25) is 0 Å². The van der Waals surface area contributed by atoms with E-state index in [0.717, 1.165) is 21.4 Å². The average molecular weight is 560 g/mol. The maximum absolute atomic E-state index is 12.8. The van der Waals surface area contributed by atoms with Crippen molar-refractivity contribution in [2.24, 2.45) is 0 Å². The van der Waals surface area contributed by atoms with Crippen molar-refractivity contribution in [2.75, 3.05) is 5.32 Å². The van der Waals surface area contributed by atoms with Crippen LogP contribution >= 0.6 is 27.5 Å². The molecule has 4 aromatic rings. The van der Waals surface area contributed by atoms with E-state index in [2.05, 4.69) is 31.4 Å². The lowest BCUT2D eigenvalue weighted by Gasteiger charge is -2.11. The lowest BCUT2D eigenvalue weighted by Crippen LogP contribution is -2.16. The van der Waals surface area contributed by atoms with E-state index >= 15 is 0 Å². The summed E-state index contributed by atoms with van der Waals surface area (Å²) < 4.78 is 10.1. The number of aromatic nitrogens is 4. The molecule has 0 bridgehead atoms. The van der Waals surface area contributed by atoms with Gasteiger partial charge in [-0.05, 0) is 66.5 Å². The Morgan fingerprint density at radius 3 is 2.60 bits per heavy atom. The quantitative estimate of drug-likeness (QED) is 0.223. The van der Waals surface area contributed by atoms with Gasteiger partial charge in [-0.1, -0.05) is 11.6 Å². The number of carbonyl (C=O) groups is 1. The number of carbonyl (C=O) groups excluding carboxylic acids is 1. The Bertz CT molecular complexity index is 1450. The summed E-state index contributed by atoms with van der Waals surface area (Å²) in [7, 11) is 0. The van der Waals surface area contributed by atoms with Gasteiger partial charge >= 0.3 is 0 Å². The molecule has 0 aliphatic heterocycles. The molecule has 0 atom stereocenters. The molecule has 0 fully saturated rings. The minimum atomic E-state index is -0.557. The predicted molar refractivity (Wildman–Crippen MR) is 134 cm³/mol. The molecule has 2 aromatic heterocycles. The monoisotopic (exact) mass is 558 g/mol. The van der Waals surface area contributed by atoms with Gasteiger partial charge in [0.05, 0.1) is 32.5 Å². The van der Waals surface area contributed by atoms with Crippen LogP contribution in [-0.2, 0) is 6.67 Å². The largest absolute Gasteiger partial charge is 0.457 e. The standard InChI is InChI=1S/C23H20BrClN6O4/c1-13-8-16(25)4-5-21(13)35-19-10-17(9-18(11-19)31(33)34)26-23(32)20-6-7-29(28-20)12-30-15(3)22(24)14(2)27-30/h4-11H,12H2,1-3H3,(H,26,32). The van der Waals surface area contributed by atoms with Crippen LogP contribution in [0.3, 0.4) is 0 Å². The van der Waals surface area contributed by atoms with Crippen LogP contribution in [0.25, 0.3) is 0 Å². The number of nitrogens with zero attached hydrogens (tertiary/aromatic N) is 5. The third-order valence-corrected chi connectivity index (χ3v) is 6.55. The van der Waals surface area contributed by atoms with Gasteiger partial charge in [0.15, 0.2) is 5.69 Å². The summed E-state index contributed by atoms with van der Waals surface area (Å²) in [6, 6.07) is 10.6. The molecule has 4 rings (SSSR count). The van der Waals surface area contributed by atoms with Crippen molar-refractivity contribution >= 4 is 44.8 Å². The van der Waals surface area contributed by atoms with Gasteiger partial charge in [0.25, 0.3) is 11.6 Å². The first kappa shape index (κ1) is 24.4. The van der Waals surface area contributed by atoms with E-state index in [1.165, 1.54) is 18.2 Å². The first-order valence-corrected chi connectivity index (χ1v) is 11.6. The van der Waals surface area contributed by atoms with E-state index in [4.69, 9.17) is 16.3 Å². The van der Waals surface area contributed by atoms with Crippen molar-refractivity contribution in [3.8, 4) is 11.5 Å². The van der Waals surface area contributed by atoms with Crippen molar-refractivity contribution in [3.05, 3.63) is 90.9 Å². The van der Waals surface area contributed by atoms with Crippen LogP contribution in [0.2, 0.25) is 5.02 Å². The maximum Gasteiger partial charge on any atom is 0.276 e. The van der Waals surface area contributed by atoms with Crippen LogP contribution in [0.4, 0.5) is 11.4 Å². The number of hydrogen-bond donors (Lipinski definition) is 1. The summed E-state index contributed by atoms with van der Waals surface area (Å²) in [6.07, 6.45) is 1.66. The smallest absolute Gasteiger partial charge is 0.276 e. The molecule has 180 valence electrons. The first-order chi connectivity index (χ1) is 16.6. The Hall–Kier alpha value is -3.70. The first-order valence-electron chi connectivity index (χ1n) is 10.4. The minimum absolute atomic E-state index is 0.146. The molecule has 10 nitrogen and oxygen atoms in total. The van der Waals surface area contributed by atoms with E-state index < -0.39 is 10.8 Å². The van der Waals surface area contributed by atoms with Crippen molar-refractivity contribution in [1.29, 1.82) is 0 Å². The van der Waals surface area contributed by atoms with Crippen molar-refractivity contribution in [2.45, 2.75) is 27.4 Å². The van der Waals surface area contributed by atoms with Crippen LogP contribution in [-0.4, -0.2) is 30.4 Å². The normalized spacial score (nSPS) is 10.9. The molecular formula is C23H20BrClN6O4. The van der Waals surface area contributed by atoms with Gasteiger partial charge < -0.3 is 10.1 Å². The molecular weight excluding hydrogens is 540 g/mol. The van der Waals surface area contributed by atoms with Crippen LogP contribution in [0.15, 0.2) is 53.1 Å². The number of nitrogens with one attached hydrogen (secondary N) is 1. The Morgan fingerprint density at radius 1 is 1.17 bits per heavy atom. The van der Waals surface area contributed by atoms with E-state index in [9.17, 15) is 14.9 Å². The molecule has 0 spiro atoms. The number of nitro benzene ring substituents is 1. The van der Waals surface area contributed by atoms with E-state index in [1.54, 1.807) is 39.8 Å². The van der Waals surface area contributed by atoms with Crippen LogP contribution in [0, 0.1) is 30.9 Å². The summed E-state index contributed by atoms with van der Waals surface area (Å²) >= 11 is 9.47. The average Bonchev–Trinajstić information content (AvgIpc) is 3.36. The summed E-state index contributed by atoms with van der Waals surface area (Å²) in [5.74, 6) is 0.162. The van der Waals surface area contributed by atoms with Gasteiger partial charge in [-0.2, -0.15) is 10.2 Å². The Labute approximate surface area is 213 Å². The lowest BCUT2D eigenvalue weighted by atomic mass is 10.2. The zero-order chi connectivity index (χ0) is 25.3. The highest BCUT2D eigenvalue weighted by Gasteiger charge is 2.17. The highest BCUT2D eigenvalue weighted by molar-refractivity contribution is 9.10. The van der Waals surface area contributed by atoms with Gasteiger partial charge in [-0.25, -0.2) is 4.68 Å².